The molecule has 0 spiro atoms. The van der Waals surface area contributed by atoms with Crippen LogP contribution in [0.4, 0.5) is 13.2 Å². The van der Waals surface area contributed by atoms with Crippen molar-refractivity contribution in [2.75, 3.05) is 26.2 Å². The van der Waals surface area contributed by atoms with Crippen LogP contribution in [-0.4, -0.2) is 42.1 Å². The molecule has 2 rings (SSSR count). The molecule has 1 aromatic rings. The first-order valence-electron chi connectivity index (χ1n) is 7.67. The molecular weight excluding hydrogens is 345 g/mol. The van der Waals surface area contributed by atoms with E-state index >= 15 is 0 Å². The van der Waals surface area contributed by atoms with Gasteiger partial charge in [0.1, 0.15) is 11.6 Å². The Morgan fingerprint density at radius 2 is 2.12 bits per heavy atom. The van der Waals surface area contributed by atoms with Crippen LogP contribution in [-0.2, 0) is 6.18 Å². The number of aromatic nitrogens is 1. The maximum Gasteiger partial charge on any atom is 0.417 e. The van der Waals surface area contributed by atoms with Crippen LogP contribution < -0.4 is 10.5 Å². The van der Waals surface area contributed by atoms with Gasteiger partial charge in [-0.25, -0.2) is 9.98 Å². The van der Waals surface area contributed by atoms with E-state index in [0.717, 1.165) is 32.0 Å². The topological polar surface area (TPSA) is 63.7 Å². The highest BCUT2D eigenvalue weighted by molar-refractivity contribution is 6.31. The molecule has 1 aliphatic rings. The van der Waals surface area contributed by atoms with Crippen LogP contribution in [0.25, 0.3) is 0 Å². The number of halogens is 4. The molecule has 1 aliphatic heterocycles. The van der Waals surface area contributed by atoms with E-state index in [1.165, 1.54) is 0 Å². The van der Waals surface area contributed by atoms with Crippen LogP contribution in [0.3, 0.4) is 0 Å². The van der Waals surface area contributed by atoms with Gasteiger partial charge in [-0.3, -0.25) is 0 Å². The predicted molar refractivity (Wildman–Crippen MR) is 86.2 cm³/mol. The Bertz CT molecular complexity index is 587. The number of hydrogen-bond acceptors (Lipinski definition) is 3. The fraction of sp³-hybridized carbons (Fsp3) is 0.600. The summed E-state index contributed by atoms with van der Waals surface area (Å²) in [4.78, 5) is 9.83. The number of pyridine rings is 1. The standard InChI is InChI=1S/C15H20ClF3N4O/c1-10-2-5-23(6-3-10)14(20)21-4-7-24-13-12(16)8-11(9-22-13)15(17,18)19/h8-10H,2-7H2,1H3,(H2,20,21). The van der Waals surface area contributed by atoms with Crippen LogP contribution in [0, 0.1) is 5.92 Å². The zero-order valence-corrected chi connectivity index (χ0v) is 14.1. The lowest BCUT2D eigenvalue weighted by molar-refractivity contribution is -0.137. The van der Waals surface area contributed by atoms with Crippen LogP contribution in [0.1, 0.15) is 25.3 Å². The number of hydrogen-bond donors (Lipinski definition) is 1. The van der Waals surface area contributed by atoms with E-state index in [0.29, 0.717) is 18.1 Å². The molecule has 0 bridgehead atoms. The number of piperidine rings is 1. The summed E-state index contributed by atoms with van der Waals surface area (Å²) in [7, 11) is 0. The third-order valence-corrected chi connectivity index (χ3v) is 4.12. The Labute approximate surface area is 143 Å². The van der Waals surface area contributed by atoms with Crippen molar-refractivity contribution in [1.82, 2.24) is 9.88 Å². The minimum absolute atomic E-state index is 0.0507. The summed E-state index contributed by atoms with van der Waals surface area (Å²) >= 11 is 5.76. The summed E-state index contributed by atoms with van der Waals surface area (Å²) in [6.07, 6.45) is -1.64. The fourth-order valence-corrected chi connectivity index (χ4v) is 2.55. The van der Waals surface area contributed by atoms with Crippen molar-refractivity contribution in [2.24, 2.45) is 16.6 Å². The highest BCUT2D eigenvalue weighted by Crippen LogP contribution is 2.33. The maximum atomic E-state index is 12.5. The van der Waals surface area contributed by atoms with Gasteiger partial charge in [-0.2, -0.15) is 13.2 Å². The molecule has 1 saturated heterocycles. The largest absolute Gasteiger partial charge is 0.475 e. The Kier molecular flexibility index (Phi) is 6.15. The zero-order chi connectivity index (χ0) is 17.7. The molecule has 0 aromatic carbocycles. The van der Waals surface area contributed by atoms with Gasteiger partial charge in [0.15, 0.2) is 5.96 Å². The molecule has 0 atom stereocenters. The van der Waals surface area contributed by atoms with Crippen molar-refractivity contribution >= 4 is 17.6 Å². The molecule has 9 heteroatoms. The second kappa shape index (κ2) is 7.92. The lowest BCUT2D eigenvalue weighted by Crippen LogP contribution is -2.42. The summed E-state index contributed by atoms with van der Waals surface area (Å²) in [6.45, 7) is 4.37. The van der Waals surface area contributed by atoms with Gasteiger partial charge >= 0.3 is 6.18 Å². The summed E-state index contributed by atoms with van der Waals surface area (Å²) in [6, 6.07) is 0.788. The Morgan fingerprint density at radius 1 is 1.46 bits per heavy atom. The van der Waals surface area contributed by atoms with Crippen molar-refractivity contribution in [1.29, 1.82) is 0 Å². The van der Waals surface area contributed by atoms with Crippen molar-refractivity contribution in [3.63, 3.8) is 0 Å². The molecule has 0 unspecified atom stereocenters. The van der Waals surface area contributed by atoms with E-state index in [9.17, 15) is 13.2 Å². The van der Waals surface area contributed by atoms with Gasteiger partial charge in [0.25, 0.3) is 0 Å². The molecule has 2 N–H and O–H groups in total. The molecule has 134 valence electrons. The van der Waals surface area contributed by atoms with Gasteiger partial charge in [-0.15, -0.1) is 0 Å². The highest BCUT2D eigenvalue weighted by Gasteiger charge is 2.31. The van der Waals surface area contributed by atoms with Crippen LogP contribution in [0.2, 0.25) is 5.02 Å². The number of guanidine groups is 1. The van der Waals surface area contributed by atoms with Gasteiger partial charge < -0.3 is 15.4 Å². The number of aliphatic imine (C=N–C) groups is 1. The number of nitrogens with two attached hydrogens (primary N) is 1. The number of rotatable bonds is 4. The second-order valence-corrected chi connectivity index (χ2v) is 6.17. The molecule has 0 amide bonds. The summed E-state index contributed by atoms with van der Waals surface area (Å²) in [5.74, 6) is 1.10. The average Bonchev–Trinajstić information content (AvgIpc) is 2.52. The summed E-state index contributed by atoms with van der Waals surface area (Å²) in [5, 5.41) is -0.188. The quantitative estimate of drug-likeness (QED) is 0.506. The molecule has 1 fully saturated rings. The van der Waals surface area contributed by atoms with Crippen molar-refractivity contribution < 1.29 is 17.9 Å². The van der Waals surface area contributed by atoms with E-state index in [1.807, 2.05) is 4.90 Å². The van der Waals surface area contributed by atoms with Crippen molar-refractivity contribution in [2.45, 2.75) is 25.9 Å². The lowest BCUT2D eigenvalue weighted by atomic mass is 10.00. The number of likely N-dealkylation sites (tertiary alicyclic amines) is 1. The maximum absolute atomic E-state index is 12.5. The summed E-state index contributed by atoms with van der Waals surface area (Å²) in [5.41, 5.74) is 5.01. The first-order chi connectivity index (χ1) is 11.3. The van der Waals surface area contributed by atoms with Crippen molar-refractivity contribution in [3.8, 4) is 5.88 Å². The first kappa shape index (κ1) is 18.6. The minimum atomic E-state index is -4.49. The Morgan fingerprint density at radius 3 is 2.71 bits per heavy atom. The second-order valence-electron chi connectivity index (χ2n) is 5.77. The number of nitrogens with zero attached hydrogens (tertiary/aromatic N) is 3. The smallest absolute Gasteiger partial charge is 0.417 e. The SMILES string of the molecule is CC1CCN(C(N)=NCCOc2ncc(C(F)(F)F)cc2Cl)CC1. The third-order valence-electron chi connectivity index (χ3n) is 3.85. The lowest BCUT2D eigenvalue weighted by Gasteiger charge is -2.31. The van der Waals surface area contributed by atoms with Gasteiger partial charge in [0.05, 0.1) is 12.1 Å². The van der Waals surface area contributed by atoms with Gasteiger partial charge in [-0.05, 0) is 24.8 Å². The van der Waals surface area contributed by atoms with E-state index in [2.05, 4.69) is 16.9 Å². The first-order valence-corrected chi connectivity index (χ1v) is 8.05. The molecule has 1 aromatic heterocycles. The molecule has 5 nitrogen and oxygen atoms in total. The van der Waals surface area contributed by atoms with Gasteiger partial charge in [0, 0.05) is 19.3 Å². The predicted octanol–water partition coefficient (Wildman–Crippen LogP) is 3.18. The van der Waals surface area contributed by atoms with E-state index < -0.39 is 11.7 Å². The van der Waals surface area contributed by atoms with E-state index in [-0.39, 0.29) is 24.1 Å². The molecule has 2 heterocycles. The van der Waals surface area contributed by atoms with Crippen LogP contribution >= 0.6 is 11.6 Å². The van der Waals surface area contributed by atoms with E-state index in [4.69, 9.17) is 22.1 Å². The molecule has 0 saturated carbocycles. The Balaban J connectivity index is 1.82. The van der Waals surface area contributed by atoms with Gasteiger partial charge in [0.2, 0.25) is 5.88 Å². The average molecular weight is 365 g/mol. The molecule has 0 radical (unpaired) electrons. The zero-order valence-electron chi connectivity index (χ0n) is 13.3. The van der Waals surface area contributed by atoms with Gasteiger partial charge in [-0.1, -0.05) is 18.5 Å². The van der Waals surface area contributed by atoms with Crippen molar-refractivity contribution in [3.05, 3.63) is 22.8 Å². The summed E-state index contributed by atoms with van der Waals surface area (Å²) < 4.78 is 42.8. The van der Waals surface area contributed by atoms with Crippen LogP contribution in [0.5, 0.6) is 5.88 Å². The third kappa shape index (κ3) is 5.15. The number of ether oxygens (including phenoxy) is 1. The number of alkyl halides is 3. The molecule has 24 heavy (non-hydrogen) atoms. The molecule has 0 aliphatic carbocycles. The minimum Gasteiger partial charge on any atom is -0.475 e. The molecular formula is C15H20ClF3N4O. The Hall–Kier alpha value is -1.70. The highest BCUT2D eigenvalue weighted by atomic mass is 35.5. The fourth-order valence-electron chi connectivity index (χ4n) is 2.33. The van der Waals surface area contributed by atoms with E-state index in [1.54, 1.807) is 0 Å². The monoisotopic (exact) mass is 364 g/mol. The normalized spacial score (nSPS) is 17.2. The van der Waals surface area contributed by atoms with Crippen LogP contribution in [0.15, 0.2) is 17.3 Å².